The van der Waals surface area contributed by atoms with Gasteiger partial charge in [-0.2, -0.15) is 0 Å². The molecule has 94 valence electrons. The fourth-order valence-corrected chi connectivity index (χ4v) is 1.85. The first-order valence-corrected chi connectivity index (χ1v) is 6.11. The van der Waals surface area contributed by atoms with Crippen molar-refractivity contribution in [2.75, 3.05) is 18.5 Å². The monoisotopic (exact) mass is 237 g/mol. The maximum Gasteiger partial charge on any atom is 0.148 e. The lowest BCUT2D eigenvalue weighted by Gasteiger charge is -2.17. The minimum absolute atomic E-state index is 0.0818. The van der Waals surface area contributed by atoms with Crippen LogP contribution in [-0.2, 0) is 17.6 Å². The normalized spacial score (nSPS) is 23.9. The quantitative estimate of drug-likeness (QED) is 0.809. The lowest BCUT2D eigenvalue weighted by molar-refractivity contribution is 0.125. The molecule has 0 aromatic carbocycles. The predicted molar refractivity (Wildman–Crippen MR) is 65.0 cm³/mol. The second-order valence-electron chi connectivity index (χ2n) is 4.22. The number of ether oxygens (including phenoxy) is 1. The molecule has 0 saturated carbocycles. The summed E-state index contributed by atoms with van der Waals surface area (Å²) in [4.78, 5) is 8.91. The SMILES string of the molecule is CCc1cnc(CC)c(N[C@@H]2COC[C@@H]2O)n1. The lowest BCUT2D eigenvalue weighted by atomic mass is 10.2. The summed E-state index contributed by atoms with van der Waals surface area (Å²) in [7, 11) is 0. The lowest BCUT2D eigenvalue weighted by Crippen LogP contribution is -2.32. The molecule has 5 heteroatoms. The van der Waals surface area contributed by atoms with Gasteiger partial charge in [0.05, 0.1) is 36.7 Å². The van der Waals surface area contributed by atoms with Crippen LogP contribution in [0.25, 0.3) is 0 Å². The van der Waals surface area contributed by atoms with Gasteiger partial charge in [-0.3, -0.25) is 4.98 Å². The first kappa shape index (κ1) is 12.3. The first-order chi connectivity index (χ1) is 8.24. The summed E-state index contributed by atoms with van der Waals surface area (Å²) in [6.07, 6.45) is 3.02. The highest BCUT2D eigenvalue weighted by molar-refractivity contribution is 5.42. The number of aliphatic hydroxyl groups is 1. The molecular formula is C12H19N3O2. The van der Waals surface area contributed by atoms with Crippen LogP contribution in [0.1, 0.15) is 25.2 Å². The molecular weight excluding hydrogens is 218 g/mol. The molecule has 1 aliphatic rings. The third kappa shape index (κ3) is 2.73. The Labute approximate surface area is 101 Å². The van der Waals surface area contributed by atoms with Crippen molar-refractivity contribution in [1.82, 2.24) is 9.97 Å². The highest BCUT2D eigenvalue weighted by Crippen LogP contribution is 2.16. The minimum atomic E-state index is -0.466. The number of aliphatic hydroxyl groups excluding tert-OH is 1. The zero-order chi connectivity index (χ0) is 12.3. The van der Waals surface area contributed by atoms with Crippen molar-refractivity contribution in [3.63, 3.8) is 0 Å². The van der Waals surface area contributed by atoms with Gasteiger partial charge in [0.2, 0.25) is 0 Å². The molecule has 1 aromatic heterocycles. The molecule has 0 radical (unpaired) electrons. The molecule has 1 aliphatic heterocycles. The average Bonchev–Trinajstić information content (AvgIpc) is 2.75. The van der Waals surface area contributed by atoms with Crippen molar-refractivity contribution in [3.05, 3.63) is 17.6 Å². The van der Waals surface area contributed by atoms with E-state index < -0.39 is 6.10 Å². The molecule has 5 nitrogen and oxygen atoms in total. The molecule has 2 heterocycles. The molecule has 1 aromatic rings. The second-order valence-corrected chi connectivity index (χ2v) is 4.22. The number of hydrogen-bond acceptors (Lipinski definition) is 5. The highest BCUT2D eigenvalue weighted by atomic mass is 16.5. The molecule has 2 atom stereocenters. The Hall–Kier alpha value is -1.20. The van der Waals surface area contributed by atoms with Gasteiger partial charge < -0.3 is 15.2 Å². The van der Waals surface area contributed by atoms with Gasteiger partial charge in [0, 0.05) is 6.20 Å². The van der Waals surface area contributed by atoms with Crippen LogP contribution < -0.4 is 5.32 Å². The third-order valence-corrected chi connectivity index (χ3v) is 2.97. The highest BCUT2D eigenvalue weighted by Gasteiger charge is 2.27. The van der Waals surface area contributed by atoms with E-state index in [1.165, 1.54) is 0 Å². The second kappa shape index (κ2) is 5.42. The zero-order valence-corrected chi connectivity index (χ0v) is 10.3. The van der Waals surface area contributed by atoms with Crippen molar-refractivity contribution in [2.24, 2.45) is 0 Å². The number of rotatable bonds is 4. The van der Waals surface area contributed by atoms with Gasteiger partial charge in [0.1, 0.15) is 5.82 Å². The van der Waals surface area contributed by atoms with Crippen LogP contribution in [0.5, 0.6) is 0 Å². The number of nitrogens with zero attached hydrogens (tertiary/aromatic N) is 2. The van der Waals surface area contributed by atoms with Crippen LogP contribution in [0, 0.1) is 0 Å². The minimum Gasteiger partial charge on any atom is -0.388 e. The van der Waals surface area contributed by atoms with E-state index in [4.69, 9.17) is 4.74 Å². The Kier molecular flexibility index (Phi) is 3.91. The van der Waals surface area contributed by atoms with Crippen LogP contribution in [0.3, 0.4) is 0 Å². The molecule has 0 amide bonds. The molecule has 0 spiro atoms. The smallest absolute Gasteiger partial charge is 0.148 e. The maximum absolute atomic E-state index is 9.70. The average molecular weight is 237 g/mol. The molecule has 0 aliphatic carbocycles. The molecule has 0 bridgehead atoms. The zero-order valence-electron chi connectivity index (χ0n) is 10.3. The topological polar surface area (TPSA) is 67.3 Å². The van der Waals surface area contributed by atoms with Crippen molar-refractivity contribution < 1.29 is 9.84 Å². The number of aryl methyl sites for hydroxylation is 2. The largest absolute Gasteiger partial charge is 0.388 e. The van der Waals surface area contributed by atoms with E-state index in [1.807, 2.05) is 20.0 Å². The van der Waals surface area contributed by atoms with Crippen LogP contribution >= 0.6 is 0 Å². The van der Waals surface area contributed by atoms with E-state index in [-0.39, 0.29) is 6.04 Å². The van der Waals surface area contributed by atoms with E-state index in [0.29, 0.717) is 13.2 Å². The fourth-order valence-electron chi connectivity index (χ4n) is 1.85. The number of aromatic nitrogens is 2. The van der Waals surface area contributed by atoms with Crippen molar-refractivity contribution in [3.8, 4) is 0 Å². The van der Waals surface area contributed by atoms with Crippen LogP contribution in [0.2, 0.25) is 0 Å². The summed E-state index contributed by atoms with van der Waals surface area (Å²) in [6, 6.07) is -0.0818. The summed E-state index contributed by atoms with van der Waals surface area (Å²) in [6.45, 7) is 5.00. The molecule has 1 fully saturated rings. The Morgan fingerprint density at radius 3 is 2.82 bits per heavy atom. The number of anilines is 1. The molecule has 0 unspecified atom stereocenters. The van der Waals surface area contributed by atoms with Crippen LogP contribution in [0.4, 0.5) is 5.82 Å². The van der Waals surface area contributed by atoms with Crippen LogP contribution in [-0.4, -0.2) is 40.4 Å². The number of hydrogen-bond donors (Lipinski definition) is 2. The van der Waals surface area contributed by atoms with Gasteiger partial charge in [0.15, 0.2) is 0 Å². The van der Waals surface area contributed by atoms with Gasteiger partial charge in [-0.25, -0.2) is 4.98 Å². The van der Waals surface area contributed by atoms with Gasteiger partial charge >= 0.3 is 0 Å². The Morgan fingerprint density at radius 2 is 2.24 bits per heavy atom. The van der Waals surface area contributed by atoms with Gasteiger partial charge in [-0.05, 0) is 12.8 Å². The number of nitrogens with one attached hydrogen (secondary N) is 1. The van der Waals surface area contributed by atoms with Crippen molar-refractivity contribution >= 4 is 5.82 Å². The Balaban J connectivity index is 2.17. The molecule has 2 N–H and O–H groups in total. The Bertz CT molecular complexity index is 384. The summed E-state index contributed by atoms with van der Waals surface area (Å²) in [5.74, 6) is 0.779. The van der Waals surface area contributed by atoms with E-state index >= 15 is 0 Å². The summed E-state index contributed by atoms with van der Waals surface area (Å²) in [5, 5.41) is 12.9. The van der Waals surface area contributed by atoms with E-state index in [9.17, 15) is 5.11 Å². The standard InChI is InChI=1S/C12H19N3O2/c1-3-8-5-13-9(4-2)12(14-8)15-10-6-17-7-11(10)16/h5,10-11,16H,3-4,6-7H2,1-2H3,(H,14,15)/t10-,11+/m1/s1. The summed E-state index contributed by atoms with van der Waals surface area (Å²) < 4.78 is 5.21. The third-order valence-electron chi connectivity index (χ3n) is 2.97. The van der Waals surface area contributed by atoms with Crippen molar-refractivity contribution in [1.29, 1.82) is 0 Å². The molecule has 17 heavy (non-hydrogen) atoms. The van der Waals surface area contributed by atoms with Crippen molar-refractivity contribution in [2.45, 2.75) is 38.8 Å². The van der Waals surface area contributed by atoms with Gasteiger partial charge in [-0.15, -0.1) is 0 Å². The van der Waals surface area contributed by atoms with E-state index in [1.54, 1.807) is 0 Å². The molecule has 2 rings (SSSR count). The maximum atomic E-state index is 9.70. The predicted octanol–water partition coefficient (Wildman–Crippen LogP) is 0.773. The first-order valence-electron chi connectivity index (χ1n) is 6.11. The van der Waals surface area contributed by atoms with Crippen LogP contribution in [0.15, 0.2) is 6.20 Å². The van der Waals surface area contributed by atoms with E-state index in [0.717, 1.165) is 30.0 Å². The Morgan fingerprint density at radius 1 is 1.41 bits per heavy atom. The van der Waals surface area contributed by atoms with E-state index in [2.05, 4.69) is 15.3 Å². The fraction of sp³-hybridized carbons (Fsp3) is 0.667. The summed E-state index contributed by atoms with van der Waals surface area (Å²) in [5.41, 5.74) is 1.89. The van der Waals surface area contributed by atoms with Gasteiger partial charge in [-0.1, -0.05) is 13.8 Å². The molecule has 1 saturated heterocycles. The van der Waals surface area contributed by atoms with Gasteiger partial charge in [0.25, 0.3) is 0 Å². The summed E-state index contributed by atoms with van der Waals surface area (Å²) >= 11 is 0.